The van der Waals surface area contributed by atoms with E-state index in [4.69, 9.17) is 0 Å². The lowest BCUT2D eigenvalue weighted by Gasteiger charge is -2.08. The molecule has 0 aliphatic heterocycles. The number of pyridine rings is 1. The number of benzene rings is 2. The van der Waals surface area contributed by atoms with Crippen LogP contribution in [0, 0.1) is 0 Å². The highest BCUT2D eigenvalue weighted by molar-refractivity contribution is 7.13. The van der Waals surface area contributed by atoms with E-state index < -0.39 is 0 Å². The predicted octanol–water partition coefficient (Wildman–Crippen LogP) is 5.13. The number of para-hydroxylation sites is 1. The lowest BCUT2D eigenvalue weighted by Crippen LogP contribution is -2.14. The van der Waals surface area contributed by atoms with Gasteiger partial charge in [0.1, 0.15) is 5.01 Å². The second-order valence-corrected chi connectivity index (χ2v) is 7.01. The molecule has 4 rings (SSSR count). The number of aromatic nitrogens is 2. The lowest BCUT2D eigenvalue weighted by molar-refractivity contribution is -0.115. The highest BCUT2D eigenvalue weighted by atomic mass is 32.1. The minimum atomic E-state index is -0.0957. The topological polar surface area (TPSA) is 66.9 Å². The first-order valence-corrected chi connectivity index (χ1v) is 9.72. The Morgan fingerprint density at radius 2 is 1.57 bits per heavy atom. The third-order valence-electron chi connectivity index (χ3n) is 4.01. The zero-order valence-electron chi connectivity index (χ0n) is 15.0. The first-order valence-electron chi connectivity index (χ1n) is 8.84. The summed E-state index contributed by atoms with van der Waals surface area (Å²) in [4.78, 5) is 21.1. The number of anilines is 3. The molecule has 138 valence electrons. The fraction of sp³-hybridized carbons (Fsp3) is 0.0455. The smallest absolute Gasteiger partial charge is 0.230 e. The van der Waals surface area contributed by atoms with Crippen molar-refractivity contribution in [1.29, 1.82) is 0 Å². The van der Waals surface area contributed by atoms with E-state index in [-0.39, 0.29) is 12.3 Å². The van der Waals surface area contributed by atoms with E-state index in [1.165, 1.54) is 11.3 Å². The number of carbonyl (C=O) groups excluding carboxylic acids is 1. The van der Waals surface area contributed by atoms with Crippen LogP contribution >= 0.6 is 11.3 Å². The number of hydrogen-bond donors (Lipinski definition) is 2. The van der Waals surface area contributed by atoms with Gasteiger partial charge in [-0.05, 0) is 48.5 Å². The highest BCUT2D eigenvalue weighted by Gasteiger charge is 2.10. The molecule has 1 amide bonds. The van der Waals surface area contributed by atoms with E-state index in [1.54, 1.807) is 6.20 Å². The van der Waals surface area contributed by atoms with Crippen LogP contribution < -0.4 is 10.6 Å². The van der Waals surface area contributed by atoms with Gasteiger partial charge in [-0.1, -0.05) is 24.3 Å². The SMILES string of the molecule is O=C(Cc1csc(-c2ccccn2)n1)Nc1ccc(Nc2ccccc2)cc1. The van der Waals surface area contributed by atoms with Crippen LogP contribution in [0.3, 0.4) is 0 Å². The molecular formula is C22H18N4OS. The van der Waals surface area contributed by atoms with Crippen molar-refractivity contribution in [2.75, 3.05) is 10.6 Å². The maximum atomic E-state index is 12.3. The molecule has 0 unspecified atom stereocenters. The average molecular weight is 386 g/mol. The highest BCUT2D eigenvalue weighted by Crippen LogP contribution is 2.22. The second kappa shape index (κ2) is 8.45. The Balaban J connectivity index is 1.34. The Kier molecular flexibility index (Phi) is 5.40. The molecule has 4 aromatic rings. The maximum Gasteiger partial charge on any atom is 0.230 e. The summed E-state index contributed by atoms with van der Waals surface area (Å²) in [6.45, 7) is 0. The summed E-state index contributed by atoms with van der Waals surface area (Å²) in [6.07, 6.45) is 1.97. The van der Waals surface area contributed by atoms with Crippen molar-refractivity contribution in [3.63, 3.8) is 0 Å². The molecule has 0 radical (unpaired) electrons. The standard InChI is InChI=1S/C22H18N4OS/c27-21(14-19-15-28-22(26-19)20-8-4-5-13-23-20)25-18-11-9-17(10-12-18)24-16-6-2-1-3-7-16/h1-13,15,24H,14H2,(H,25,27). The van der Waals surface area contributed by atoms with Gasteiger partial charge >= 0.3 is 0 Å². The molecule has 28 heavy (non-hydrogen) atoms. The van der Waals surface area contributed by atoms with Gasteiger partial charge in [0, 0.05) is 28.6 Å². The molecule has 6 heteroatoms. The van der Waals surface area contributed by atoms with Crippen LogP contribution in [0.1, 0.15) is 5.69 Å². The van der Waals surface area contributed by atoms with E-state index in [9.17, 15) is 4.79 Å². The Labute approximate surface area is 167 Å². The minimum Gasteiger partial charge on any atom is -0.356 e. The molecule has 2 aromatic heterocycles. The van der Waals surface area contributed by atoms with Crippen molar-refractivity contribution in [2.45, 2.75) is 6.42 Å². The van der Waals surface area contributed by atoms with Crippen molar-refractivity contribution in [3.8, 4) is 10.7 Å². The largest absolute Gasteiger partial charge is 0.356 e. The van der Waals surface area contributed by atoms with E-state index in [1.807, 2.05) is 78.2 Å². The Bertz CT molecular complexity index is 1050. The van der Waals surface area contributed by atoms with E-state index in [0.717, 1.165) is 33.5 Å². The average Bonchev–Trinajstić information content (AvgIpc) is 3.19. The summed E-state index contributed by atoms with van der Waals surface area (Å²) >= 11 is 1.49. The van der Waals surface area contributed by atoms with E-state index in [0.29, 0.717) is 0 Å². The Morgan fingerprint density at radius 3 is 2.32 bits per heavy atom. The number of thiazole rings is 1. The van der Waals surface area contributed by atoms with Crippen LogP contribution in [0.4, 0.5) is 17.1 Å². The fourth-order valence-electron chi connectivity index (χ4n) is 2.69. The van der Waals surface area contributed by atoms with Crippen LogP contribution in [-0.2, 0) is 11.2 Å². The molecule has 0 bridgehead atoms. The van der Waals surface area contributed by atoms with Gasteiger partial charge in [0.25, 0.3) is 0 Å². The molecule has 0 aliphatic carbocycles. The van der Waals surface area contributed by atoms with Gasteiger partial charge in [-0.2, -0.15) is 0 Å². The predicted molar refractivity (Wildman–Crippen MR) is 114 cm³/mol. The molecule has 2 aromatic carbocycles. The molecule has 2 N–H and O–H groups in total. The third-order valence-corrected chi connectivity index (χ3v) is 4.92. The molecule has 0 saturated heterocycles. The molecule has 0 atom stereocenters. The molecule has 0 fully saturated rings. The summed E-state index contributed by atoms with van der Waals surface area (Å²) < 4.78 is 0. The fourth-order valence-corrected chi connectivity index (χ4v) is 3.48. The maximum absolute atomic E-state index is 12.3. The van der Waals surface area contributed by atoms with E-state index >= 15 is 0 Å². The summed E-state index contributed by atoms with van der Waals surface area (Å²) in [5.41, 5.74) is 4.30. The molecule has 0 spiro atoms. The number of nitrogens with zero attached hydrogens (tertiary/aromatic N) is 2. The number of amides is 1. The quantitative estimate of drug-likeness (QED) is 0.482. The molecule has 0 aliphatic rings. The first-order chi connectivity index (χ1) is 13.8. The van der Waals surface area contributed by atoms with Gasteiger partial charge < -0.3 is 10.6 Å². The number of hydrogen-bond acceptors (Lipinski definition) is 5. The van der Waals surface area contributed by atoms with Gasteiger partial charge in [-0.3, -0.25) is 9.78 Å². The summed E-state index contributed by atoms with van der Waals surface area (Å²) in [7, 11) is 0. The monoisotopic (exact) mass is 386 g/mol. The van der Waals surface area contributed by atoms with E-state index in [2.05, 4.69) is 20.6 Å². The molecular weight excluding hydrogens is 368 g/mol. The first kappa shape index (κ1) is 17.9. The summed E-state index contributed by atoms with van der Waals surface area (Å²) in [5, 5.41) is 8.95. The molecule has 5 nitrogen and oxygen atoms in total. The zero-order valence-corrected chi connectivity index (χ0v) is 15.8. The number of carbonyl (C=O) groups is 1. The second-order valence-electron chi connectivity index (χ2n) is 6.15. The zero-order chi connectivity index (χ0) is 19.2. The number of rotatable bonds is 6. The van der Waals surface area contributed by atoms with Gasteiger partial charge in [-0.15, -0.1) is 11.3 Å². The van der Waals surface area contributed by atoms with Crippen LogP contribution in [0.15, 0.2) is 84.4 Å². The van der Waals surface area contributed by atoms with Crippen molar-refractivity contribution < 1.29 is 4.79 Å². The van der Waals surface area contributed by atoms with Crippen molar-refractivity contribution >= 4 is 34.3 Å². The normalized spacial score (nSPS) is 10.4. The van der Waals surface area contributed by atoms with Crippen LogP contribution in [0.25, 0.3) is 10.7 Å². The van der Waals surface area contributed by atoms with Gasteiger partial charge in [0.05, 0.1) is 17.8 Å². The van der Waals surface area contributed by atoms with Gasteiger partial charge in [0.2, 0.25) is 5.91 Å². The van der Waals surface area contributed by atoms with Crippen molar-refractivity contribution in [2.24, 2.45) is 0 Å². The van der Waals surface area contributed by atoms with Crippen molar-refractivity contribution in [1.82, 2.24) is 9.97 Å². The van der Waals surface area contributed by atoms with Crippen LogP contribution in [-0.4, -0.2) is 15.9 Å². The Morgan fingerprint density at radius 1 is 0.857 bits per heavy atom. The summed E-state index contributed by atoms with van der Waals surface area (Å²) in [5.74, 6) is -0.0957. The third kappa shape index (κ3) is 4.61. The van der Waals surface area contributed by atoms with Crippen LogP contribution in [0.2, 0.25) is 0 Å². The minimum absolute atomic E-state index is 0.0957. The van der Waals surface area contributed by atoms with Crippen molar-refractivity contribution in [3.05, 3.63) is 90.1 Å². The van der Waals surface area contributed by atoms with Crippen LogP contribution in [0.5, 0.6) is 0 Å². The van der Waals surface area contributed by atoms with Gasteiger partial charge in [-0.25, -0.2) is 4.98 Å². The Hall–Kier alpha value is -3.51. The lowest BCUT2D eigenvalue weighted by atomic mass is 10.2. The number of nitrogens with one attached hydrogen (secondary N) is 2. The molecule has 2 heterocycles. The molecule has 0 saturated carbocycles. The summed E-state index contributed by atoms with van der Waals surface area (Å²) in [6, 6.07) is 23.3. The van der Waals surface area contributed by atoms with Gasteiger partial charge in [0.15, 0.2) is 0 Å².